The Labute approximate surface area is 96.0 Å². The summed E-state index contributed by atoms with van der Waals surface area (Å²) in [6, 6.07) is 10.9. The normalized spacial score (nSPS) is 33.9. The smallest absolute Gasteiger partial charge is 0.0521 e. The Morgan fingerprint density at radius 3 is 2.53 bits per heavy atom. The van der Waals surface area contributed by atoms with Crippen molar-refractivity contribution in [1.29, 1.82) is 0 Å². The third-order valence-electron chi connectivity index (χ3n) is 3.60. The molecule has 1 saturated carbocycles. The number of allylic oxidation sites excluding steroid dienone is 2. The van der Waals surface area contributed by atoms with Crippen molar-refractivity contribution in [2.75, 3.05) is 0 Å². The fourth-order valence-electron chi connectivity index (χ4n) is 2.69. The van der Waals surface area contributed by atoms with E-state index in [4.69, 9.17) is 11.6 Å². The number of halogens is 1. The summed E-state index contributed by atoms with van der Waals surface area (Å²) in [6.45, 7) is 0. The fraction of sp³-hybridized carbons (Fsp3) is 0.429. The first-order valence-electron chi connectivity index (χ1n) is 5.74. The Hall–Kier alpha value is -0.750. The second-order valence-corrected chi connectivity index (χ2v) is 5.22. The minimum Gasteiger partial charge on any atom is -0.118 e. The van der Waals surface area contributed by atoms with Crippen LogP contribution in [0.3, 0.4) is 0 Å². The molecule has 0 nitrogen and oxygen atoms in total. The zero-order valence-electron chi connectivity index (χ0n) is 8.70. The van der Waals surface area contributed by atoms with E-state index in [0.717, 1.165) is 18.3 Å². The van der Waals surface area contributed by atoms with Crippen LogP contribution < -0.4 is 0 Å². The molecular weight excluding hydrogens is 204 g/mol. The molecule has 1 aromatic carbocycles. The summed E-state index contributed by atoms with van der Waals surface area (Å²) in [5.41, 5.74) is 3.12. The van der Waals surface area contributed by atoms with Crippen LogP contribution in [0, 0.1) is 5.92 Å². The van der Waals surface area contributed by atoms with Gasteiger partial charge in [0.05, 0.1) is 5.38 Å². The maximum Gasteiger partial charge on any atom is 0.0521 e. The van der Waals surface area contributed by atoms with E-state index in [0.29, 0.717) is 5.38 Å². The van der Waals surface area contributed by atoms with Gasteiger partial charge in [0.2, 0.25) is 0 Å². The van der Waals surface area contributed by atoms with Gasteiger partial charge in [-0.25, -0.2) is 0 Å². The van der Waals surface area contributed by atoms with Crippen LogP contribution in [0.2, 0.25) is 0 Å². The van der Waals surface area contributed by atoms with E-state index in [1.54, 1.807) is 5.57 Å². The van der Waals surface area contributed by atoms with Crippen molar-refractivity contribution < 1.29 is 0 Å². The summed E-state index contributed by atoms with van der Waals surface area (Å²) in [4.78, 5) is 0. The van der Waals surface area contributed by atoms with Crippen molar-refractivity contribution in [2.45, 2.75) is 30.6 Å². The first-order chi connectivity index (χ1) is 7.34. The standard InChI is InChI=1S/C14H15Cl/c15-12-7-6-11(8-12)14-9-13(14)10-4-2-1-3-5-10/h1-5,8,12-14H,6-7,9H2. The van der Waals surface area contributed by atoms with Gasteiger partial charge in [0.15, 0.2) is 0 Å². The molecule has 0 bridgehead atoms. The van der Waals surface area contributed by atoms with E-state index in [9.17, 15) is 0 Å². The summed E-state index contributed by atoms with van der Waals surface area (Å²) in [5.74, 6) is 1.58. The third kappa shape index (κ3) is 1.83. The second kappa shape index (κ2) is 3.68. The first kappa shape index (κ1) is 9.47. The van der Waals surface area contributed by atoms with E-state index >= 15 is 0 Å². The Bertz CT molecular complexity index is 380. The molecule has 3 atom stereocenters. The lowest BCUT2D eigenvalue weighted by Crippen LogP contribution is -1.85. The van der Waals surface area contributed by atoms with Crippen molar-refractivity contribution in [1.82, 2.24) is 0 Å². The molecule has 3 rings (SSSR count). The summed E-state index contributed by atoms with van der Waals surface area (Å²) < 4.78 is 0. The average Bonchev–Trinajstić information content (AvgIpc) is 2.96. The highest BCUT2D eigenvalue weighted by atomic mass is 35.5. The quantitative estimate of drug-likeness (QED) is 0.518. The van der Waals surface area contributed by atoms with Crippen LogP contribution in [0.25, 0.3) is 0 Å². The number of hydrogen-bond acceptors (Lipinski definition) is 0. The highest BCUT2D eigenvalue weighted by Crippen LogP contribution is 2.54. The molecule has 1 aromatic rings. The third-order valence-corrected chi connectivity index (χ3v) is 3.94. The maximum atomic E-state index is 6.10. The molecule has 0 radical (unpaired) electrons. The predicted molar refractivity (Wildman–Crippen MR) is 64.2 cm³/mol. The topological polar surface area (TPSA) is 0 Å². The number of rotatable bonds is 2. The molecule has 78 valence electrons. The van der Waals surface area contributed by atoms with Crippen LogP contribution >= 0.6 is 11.6 Å². The highest BCUT2D eigenvalue weighted by Gasteiger charge is 2.41. The molecule has 0 heterocycles. The fourth-order valence-corrected chi connectivity index (χ4v) is 2.96. The van der Waals surface area contributed by atoms with Gasteiger partial charge in [-0.05, 0) is 36.7 Å². The Morgan fingerprint density at radius 2 is 1.87 bits per heavy atom. The van der Waals surface area contributed by atoms with Crippen LogP contribution in [0.15, 0.2) is 42.0 Å². The number of benzene rings is 1. The molecule has 0 amide bonds. The van der Waals surface area contributed by atoms with Crippen LogP contribution in [-0.2, 0) is 0 Å². The highest BCUT2D eigenvalue weighted by molar-refractivity contribution is 6.22. The lowest BCUT2D eigenvalue weighted by molar-refractivity contribution is 0.837. The monoisotopic (exact) mass is 218 g/mol. The van der Waals surface area contributed by atoms with Crippen molar-refractivity contribution in [3.8, 4) is 0 Å². The summed E-state index contributed by atoms with van der Waals surface area (Å²) >= 11 is 6.10. The SMILES string of the molecule is ClC1C=C(C2CC2c2ccccc2)CC1. The van der Waals surface area contributed by atoms with Gasteiger partial charge in [0, 0.05) is 0 Å². The lowest BCUT2D eigenvalue weighted by Gasteiger charge is -2.00. The van der Waals surface area contributed by atoms with Crippen LogP contribution in [-0.4, -0.2) is 5.38 Å². The molecule has 15 heavy (non-hydrogen) atoms. The van der Waals surface area contributed by atoms with Crippen molar-refractivity contribution >= 4 is 11.6 Å². The average molecular weight is 219 g/mol. The molecule has 3 unspecified atom stereocenters. The van der Waals surface area contributed by atoms with Gasteiger partial charge >= 0.3 is 0 Å². The molecule has 1 heteroatoms. The van der Waals surface area contributed by atoms with Gasteiger partial charge < -0.3 is 0 Å². The predicted octanol–water partition coefficient (Wildman–Crippen LogP) is 4.12. The van der Waals surface area contributed by atoms with Gasteiger partial charge in [-0.1, -0.05) is 42.0 Å². The van der Waals surface area contributed by atoms with Gasteiger partial charge in [-0.3, -0.25) is 0 Å². The maximum absolute atomic E-state index is 6.10. The van der Waals surface area contributed by atoms with Gasteiger partial charge in [-0.2, -0.15) is 0 Å². The minimum atomic E-state index is 0.303. The van der Waals surface area contributed by atoms with Crippen molar-refractivity contribution in [3.05, 3.63) is 47.5 Å². The summed E-state index contributed by atoms with van der Waals surface area (Å²) in [5, 5.41) is 0.303. The molecule has 0 aliphatic heterocycles. The summed E-state index contributed by atoms with van der Waals surface area (Å²) in [7, 11) is 0. The van der Waals surface area contributed by atoms with Gasteiger partial charge in [-0.15, -0.1) is 11.6 Å². The molecule has 1 fully saturated rings. The molecule has 0 spiro atoms. The van der Waals surface area contributed by atoms with E-state index in [1.807, 2.05) is 0 Å². The zero-order chi connectivity index (χ0) is 10.3. The van der Waals surface area contributed by atoms with Crippen molar-refractivity contribution in [3.63, 3.8) is 0 Å². The van der Waals surface area contributed by atoms with E-state index in [1.165, 1.54) is 18.4 Å². The number of hydrogen-bond donors (Lipinski definition) is 0. The van der Waals surface area contributed by atoms with E-state index in [-0.39, 0.29) is 0 Å². The Morgan fingerprint density at radius 1 is 1.07 bits per heavy atom. The number of alkyl halides is 1. The van der Waals surface area contributed by atoms with Gasteiger partial charge in [0.1, 0.15) is 0 Å². The van der Waals surface area contributed by atoms with Crippen LogP contribution in [0.5, 0.6) is 0 Å². The molecule has 0 aromatic heterocycles. The van der Waals surface area contributed by atoms with E-state index < -0.39 is 0 Å². The van der Waals surface area contributed by atoms with Crippen LogP contribution in [0.1, 0.15) is 30.7 Å². The lowest BCUT2D eigenvalue weighted by atomic mass is 10.0. The first-order valence-corrected chi connectivity index (χ1v) is 6.18. The molecule has 2 aliphatic carbocycles. The Balaban J connectivity index is 1.72. The second-order valence-electron chi connectivity index (χ2n) is 4.66. The van der Waals surface area contributed by atoms with Gasteiger partial charge in [0.25, 0.3) is 0 Å². The molecule has 0 N–H and O–H groups in total. The Kier molecular flexibility index (Phi) is 2.32. The van der Waals surface area contributed by atoms with E-state index in [2.05, 4.69) is 36.4 Å². The van der Waals surface area contributed by atoms with Crippen LogP contribution in [0.4, 0.5) is 0 Å². The largest absolute Gasteiger partial charge is 0.118 e. The van der Waals surface area contributed by atoms with Crippen molar-refractivity contribution in [2.24, 2.45) is 5.92 Å². The molecular formula is C14H15Cl. The zero-order valence-corrected chi connectivity index (χ0v) is 9.45. The minimum absolute atomic E-state index is 0.303. The molecule has 0 saturated heterocycles. The molecule has 2 aliphatic rings. The summed E-state index contributed by atoms with van der Waals surface area (Å²) in [6.07, 6.45) is 5.99.